The van der Waals surface area contributed by atoms with Gasteiger partial charge in [0.25, 0.3) is 0 Å². The Bertz CT molecular complexity index is 487. The molecule has 84 valence electrons. The summed E-state index contributed by atoms with van der Waals surface area (Å²) in [5.41, 5.74) is 3.69. The van der Waals surface area contributed by atoms with E-state index in [-0.39, 0.29) is 0 Å². The van der Waals surface area contributed by atoms with Gasteiger partial charge in [0.15, 0.2) is 0 Å². The molecule has 3 heteroatoms. The summed E-state index contributed by atoms with van der Waals surface area (Å²) in [5, 5.41) is 9.15. The van der Waals surface area contributed by atoms with Gasteiger partial charge < -0.3 is 5.11 Å². The van der Waals surface area contributed by atoms with Crippen LogP contribution in [0.25, 0.3) is 5.57 Å². The van der Waals surface area contributed by atoms with Crippen molar-refractivity contribution < 1.29 is 9.90 Å². The van der Waals surface area contributed by atoms with Crippen molar-refractivity contribution in [1.29, 1.82) is 0 Å². The van der Waals surface area contributed by atoms with Crippen molar-refractivity contribution in [2.75, 3.05) is 0 Å². The van der Waals surface area contributed by atoms with Crippen LogP contribution in [0, 0.1) is 5.92 Å². The number of fused-ring (bicyclic) bond motifs is 1. The van der Waals surface area contributed by atoms with Crippen LogP contribution >= 0.6 is 15.9 Å². The van der Waals surface area contributed by atoms with Crippen molar-refractivity contribution in [2.45, 2.75) is 20.3 Å². The van der Waals surface area contributed by atoms with Crippen LogP contribution in [0.4, 0.5) is 0 Å². The second-order valence-corrected chi connectivity index (χ2v) is 5.22. The molecule has 0 atom stereocenters. The van der Waals surface area contributed by atoms with Crippen LogP contribution in [0.15, 0.2) is 22.7 Å². The largest absolute Gasteiger partial charge is 0.478 e. The highest BCUT2D eigenvalue weighted by Crippen LogP contribution is 2.36. The minimum Gasteiger partial charge on any atom is -0.478 e. The average molecular weight is 281 g/mol. The molecule has 2 nitrogen and oxygen atoms in total. The van der Waals surface area contributed by atoms with E-state index in [0.717, 1.165) is 22.0 Å². The van der Waals surface area contributed by atoms with Gasteiger partial charge in [0.1, 0.15) is 0 Å². The lowest BCUT2D eigenvalue weighted by atomic mass is 9.94. The van der Waals surface area contributed by atoms with Crippen LogP contribution < -0.4 is 0 Å². The SMILES string of the molecule is CC(C)C1=CCc2c(C(=O)O)cc(Br)cc21. The lowest BCUT2D eigenvalue weighted by Crippen LogP contribution is -2.03. The predicted molar refractivity (Wildman–Crippen MR) is 67.6 cm³/mol. The summed E-state index contributed by atoms with van der Waals surface area (Å²) in [6.45, 7) is 4.25. The number of carboxylic acid groups (broad SMARTS) is 1. The zero-order valence-electron chi connectivity index (χ0n) is 9.25. The monoisotopic (exact) mass is 280 g/mol. The van der Waals surface area contributed by atoms with E-state index >= 15 is 0 Å². The third-order valence-corrected chi connectivity index (χ3v) is 3.36. The number of halogens is 1. The molecule has 1 aliphatic carbocycles. The summed E-state index contributed by atoms with van der Waals surface area (Å²) >= 11 is 3.37. The van der Waals surface area contributed by atoms with Crippen molar-refractivity contribution in [3.05, 3.63) is 39.4 Å². The van der Waals surface area contributed by atoms with E-state index in [4.69, 9.17) is 5.11 Å². The van der Waals surface area contributed by atoms with E-state index in [9.17, 15) is 4.79 Å². The van der Waals surface area contributed by atoms with Gasteiger partial charge in [0.2, 0.25) is 0 Å². The van der Waals surface area contributed by atoms with Crippen LogP contribution in [0.1, 0.15) is 35.3 Å². The minimum atomic E-state index is -0.851. The predicted octanol–water partition coefficient (Wildman–Crippen LogP) is 3.74. The maximum absolute atomic E-state index is 11.1. The molecule has 1 aromatic carbocycles. The van der Waals surface area contributed by atoms with Crippen LogP contribution in [0.3, 0.4) is 0 Å². The Labute approximate surface area is 103 Å². The molecule has 0 fully saturated rings. The fourth-order valence-corrected chi connectivity index (χ4v) is 2.63. The molecule has 0 heterocycles. The quantitative estimate of drug-likeness (QED) is 0.896. The number of benzene rings is 1. The molecule has 0 spiro atoms. The van der Waals surface area contributed by atoms with Crippen molar-refractivity contribution in [3.63, 3.8) is 0 Å². The Balaban J connectivity index is 2.60. The molecule has 0 unspecified atom stereocenters. The highest BCUT2D eigenvalue weighted by Gasteiger charge is 2.22. The zero-order valence-corrected chi connectivity index (χ0v) is 10.8. The van der Waals surface area contributed by atoms with Crippen LogP contribution in [0.2, 0.25) is 0 Å². The third-order valence-electron chi connectivity index (χ3n) is 2.90. The van der Waals surface area contributed by atoms with Crippen molar-refractivity contribution in [2.24, 2.45) is 5.92 Å². The lowest BCUT2D eigenvalue weighted by molar-refractivity contribution is 0.0696. The average Bonchev–Trinajstić information content (AvgIpc) is 2.59. The van der Waals surface area contributed by atoms with Crippen LogP contribution in [0.5, 0.6) is 0 Å². The first kappa shape index (κ1) is 11.4. The van der Waals surface area contributed by atoms with E-state index in [1.54, 1.807) is 6.07 Å². The topological polar surface area (TPSA) is 37.3 Å². The van der Waals surface area contributed by atoms with Crippen molar-refractivity contribution >= 4 is 27.5 Å². The number of aromatic carboxylic acids is 1. The number of carbonyl (C=O) groups is 1. The summed E-state index contributed by atoms with van der Waals surface area (Å²) in [7, 11) is 0. The molecule has 0 saturated heterocycles. The molecule has 1 aliphatic rings. The molecular weight excluding hydrogens is 268 g/mol. The molecule has 16 heavy (non-hydrogen) atoms. The lowest BCUT2D eigenvalue weighted by Gasteiger charge is -2.11. The van der Waals surface area contributed by atoms with Gasteiger partial charge in [0, 0.05) is 4.47 Å². The third kappa shape index (κ3) is 1.80. The number of hydrogen-bond donors (Lipinski definition) is 1. The van der Waals surface area contributed by atoms with Gasteiger partial charge in [-0.2, -0.15) is 0 Å². The Kier molecular flexibility index (Phi) is 2.89. The van der Waals surface area contributed by atoms with Gasteiger partial charge in [-0.15, -0.1) is 0 Å². The molecule has 0 amide bonds. The Hall–Kier alpha value is -1.09. The maximum Gasteiger partial charge on any atom is 0.336 e. The molecule has 1 N–H and O–H groups in total. The summed E-state index contributed by atoms with van der Waals surface area (Å²) < 4.78 is 0.831. The summed E-state index contributed by atoms with van der Waals surface area (Å²) in [5.74, 6) is -0.423. The Morgan fingerprint density at radius 1 is 1.44 bits per heavy atom. The fraction of sp³-hybridized carbons (Fsp3) is 0.308. The van der Waals surface area contributed by atoms with Crippen LogP contribution in [-0.2, 0) is 6.42 Å². The van der Waals surface area contributed by atoms with E-state index in [2.05, 4.69) is 35.9 Å². The summed E-state index contributed by atoms with van der Waals surface area (Å²) in [4.78, 5) is 11.1. The molecular formula is C13H13BrO2. The van der Waals surface area contributed by atoms with E-state index in [0.29, 0.717) is 11.5 Å². The van der Waals surface area contributed by atoms with Gasteiger partial charge in [-0.25, -0.2) is 4.79 Å². The Morgan fingerprint density at radius 2 is 2.12 bits per heavy atom. The first-order chi connectivity index (χ1) is 7.50. The van der Waals surface area contributed by atoms with Gasteiger partial charge in [-0.1, -0.05) is 35.9 Å². The first-order valence-corrected chi connectivity index (χ1v) is 6.06. The zero-order chi connectivity index (χ0) is 11.9. The Morgan fingerprint density at radius 3 is 2.69 bits per heavy atom. The molecule has 0 aromatic heterocycles. The highest BCUT2D eigenvalue weighted by molar-refractivity contribution is 9.10. The minimum absolute atomic E-state index is 0.413. The second-order valence-electron chi connectivity index (χ2n) is 4.30. The van der Waals surface area contributed by atoms with Gasteiger partial charge in [-0.3, -0.25) is 0 Å². The van der Waals surface area contributed by atoms with Gasteiger partial charge >= 0.3 is 5.97 Å². The summed E-state index contributed by atoms with van der Waals surface area (Å²) in [6, 6.07) is 3.69. The van der Waals surface area contributed by atoms with E-state index < -0.39 is 5.97 Å². The maximum atomic E-state index is 11.1. The molecule has 0 saturated carbocycles. The number of hydrogen-bond acceptors (Lipinski definition) is 1. The van der Waals surface area contributed by atoms with Crippen LogP contribution in [-0.4, -0.2) is 11.1 Å². The molecule has 1 aromatic rings. The molecule has 2 rings (SSSR count). The van der Waals surface area contributed by atoms with E-state index in [1.807, 2.05) is 6.07 Å². The number of rotatable bonds is 2. The van der Waals surface area contributed by atoms with E-state index in [1.165, 1.54) is 5.57 Å². The fourth-order valence-electron chi connectivity index (χ4n) is 2.17. The standard InChI is InChI=1S/C13H13BrO2/c1-7(2)9-3-4-10-11(9)5-8(14)6-12(10)13(15)16/h3,5-7H,4H2,1-2H3,(H,15,16). The molecule has 0 bridgehead atoms. The molecule has 0 aliphatic heterocycles. The molecule has 0 radical (unpaired) electrons. The second kappa shape index (κ2) is 4.06. The first-order valence-electron chi connectivity index (χ1n) is 5.27. The number of carboxylic acids is 1. The van der Waals surface area contributed by atoms with Gasteiger partial charge in [-0.05, 0) is 41.2 Å². The smallest absolute Gasteiger partial charge is 0.336 e. The van der Waals surface area contributed by atoms with Crippen molar-refractivity contribution in [1.82, 2.24) is 0 Å². The van der Waals surface area contributed by atoms with Gasteiger partial charge in [0.05, 0.1) is 5.56 Å². The summed E-state index contributed by atoms with van der Waals surface area (Å²) in [6.07, 6.45) is 2.87. The number of allylic oxidation sites excluding steroid dienone is 2. The normalized spacial score (nSPS) is 13.9. The highest BCUT2D eigenvalue weighted by atomic mass is 79.9. The van der Waals surface area contributed by atoms with Crippen molar-refractivity contribution in [3.8, 4) is 0 Å².